The maximum atomic E-state index is 13.2. The largest absolute Gasteiger partial charge is 0.490 e. The number of hydrogen-bond acceptors (Lipinski definition) is 8. The van der Waals surface area contributed by atoms with Crippen molar-refractivity contribution in [1.82, 2.24) is 29.4 Å². The number of aryl methyl sites for hydroxylation is 4. The van der Waals surface area contributed by atoms with Crippen LogP contribution in [0.25, 0.3) is 0 Å². The Morgan fingerprint density at radius 2 is 1.06 bits per heavy atom. The smallest absolute Gasteiger partial charge is 0.323 e. The maximum absolute atomic E-state index is 13.2. The molecule has 4 aromatic rings. The van der Waals surface area contributed by atoms with Crippen LogP contribution in [-0.2, 0) is 14.1 Å². The molecule has 0 saturated carbocycles. The second kappa shape index (κ2) is 17.3. The highest BCUT2D eigenvalue weighted by Gasteiger charge is 2.26. The number of ether oxygens (including phenoxy) is 2. The molecule has 4 heterocycles. The van der Waals surface area contributed by atoms with Crippen molar-refractivity contribution in [2.24, 2.45) is 14.1 Å². The molecule has 2 aliphatic heterocycles. The van der Waals surface area contributed by atoms with Gasteiger partial charge in [0.25, 0.3) is 11.1 Å². The minimum atomic E-state index is -0.954. The highest BCUT2D eigenvalue weighted by molar-refractivity contribution is 5.88. The molecule has 0 radical (unpaired) electrons. The Kier molecular flexibility index (Phi) is 12.6. The van der Waals surface area contributed by atoms with Crippen LogP contribution in [0.5, 0.6) is 11.5 Å². The van der Waals surface area contributed by atoms with Gasteiger partial charge in [0.15, 0.2) is 23.3 Å². The number of likely N-dealkylation sites (tertiary alicyclic amines) is 2. The summed E-state index contributed by atoms with van der Waals surface area (Å²) in [5.41, 5.74) is 0.529. The van der Waals surface area contributed by atoms with Gasteiger partial charge < -0.3 is 19.3 Å². The van der Waals surface area contributed by atoms with E-state index in [2.05, 4.69) is 20.8 Å². The molecule has 2 aromatic heterocycles. The van der Waals surface area contributed by atoms with Crippen LogP contribution < -0.4 is 31.2 Å². The normalized spacial score (nSPS) is 14.9. The number of amides is 4. The fourth-order valence-electron chi connectivity index (χ4n) is 5.90. The van der Waals surface area contributed by atoms with E-state index >= 15 is 0 Å². The summed E-state index contributed by atoms with van der Waals surface area (Å²) in [4.78, 5) is 51.3. The van der Waals surface area contributed by atoms with Crippen molar-refractivity contribution in [1.29, 1.82) is 0 Å². The Balaban J connectivity index is 0.000000208. The van der Waals surface area contributed by atoms with Crippen LogP contribution in [0.3, 0.4) is 0 Å². The van der Waals surface area contributed by atoms with Gasteiger partial charge in [-0.2, -0.15) is 10.2 Å². The van der Waals surface area contributed by atoms with Crippen molar-refractivity contribution < 1.29 is 36.6 Å². The predicted octanol–water partition coefficient (Wildman–Crippen LogP) is 4.88. The Bertz CT molecular complexity index is 2040. The molecular formula is C36H40F4N8O6. The highest BCUT2D eigenvalue weighted by Crippen LogP contribution is 2.23. The Hall–Kier alpha value is -5.94. The van der Waals surface area contributed by atoms with Gasteiger partial charge in [-0.3, -0.25) is 20.2 Å². The lowest BCUT2D eigenvalue weighted by atomic mass is 10.1. The van der Waals surface area contributed by atoms with Crippen LogP contribution in [0.1, 0.15) is 36.8 Å². The number of nitrogens with one attached hydrogen (secondary N) is 2. The fourth-order valence-corrected chi connectivity index (χ4v) is 5.90. The third-order valence-corrected chi connectivity index (χ3v) is 8.75. The standard InChI is InChI=1S/2C18H20F2N4O3/c1-11-7-16(22-23(2)17(11)25)21-18(26)24-5-3-14(4-6-24)27-15-9-12(19)8-13(20)10-15;1-11-9-16(22-23(2)17(11)25)21-18(26)24-7-5-12(6-8-24)27-13-3-4-14(19)15(20)10-13/h7-10,14H,3-6H2,1-2H3,(H,21,22,26);3-4,9-10,12H,5-8H2,1-2H3,(H,21,22,26). The van der Waals surface area contributed by atoms with Gasteiger partial charge in [0, 0.05) is 101 Å². The number of rotatable bonds is 6. The van der Waals surface area contributed by atoms with Gasteiger partial charge in [0.05, 0.1) is 0 Å². The van der Waals surface area contributed by atoms with E-state index in [0.29, 0.717) is 74.6 Å². The first kappa shape index (κ1) is 39.3. The molecule has 2 fully saturated rings. The zero-order valence-corrected chi connectivity index (χ0v) is 30.1. The van der Waals surface area contributed by atoms with Crippen molar-refractivity contribution in [2.75, 3.05) is 36.8 Å². The summed E-state index contributed by atoms with van der Waals surface area (Å²) >= 11 is 0. The lowest BCUT2D eigenvalue weighted by Gasteiger charge is -2.32. The Morgan fingerprint density at radius 1 is 0.630 bits per heavy atom. The molecule has 2 N–H and O–H groups in total. The Morgan fingerprint density at radius 3 is 1.46 bits per heavy atom. The number of nitrogens with zero attached hydrogens (tertiary/aromatic N) is 6. The topological polar surface area (TPSA) is 153 Å². The van der Waals surface area contributed by atoms with Gasteiger partial charge in [-0.1, -0.05) is 0 Å². The molecule has 2 aliphatic rings. The van der Waals surface area contributed by atoms with Gasteiger partial charge in [-0.15, -0.1) is 0 Å². The van der Waals surface area contributed by atoms with E-state index in [1.165, 1.54) is 41.7 Å². The average molecular weight is 757 g/mol. The van der Waals surface area contributed by atoms with Crippen LogP contribution in [0, 0.1) is 37.1 Å². The van der Waals surface area contributed by atoms with Crippen LogP contribution >= 0.6 is 0 Å². The minimum Gasteiger partial charge on any atom is -0.490 e. The molecular weight excluding hydrogens is 716 g/mol. The first-order valence-electron chi connectivity index (χ1n) is 17.1. The maximum Gasteiger partial charge on any atom is 0.323 e. The van der Waals surface area contributed by atoms with E-state index in [1.807, 2.05) is 0 Å². The molecule has 0 spiro atoms. The summed E-state index contributed by atoms with van der Waals surface area (Å²) in [5, 5.41) is 13.4. The summed E-state index contributed by atoms with van der Waals surface area (Å²) in [5.74, 6) is -2.25. The number of carbonyl (C=O) groups excluding carboxylic acids is 2. The Labute approximate surface area is 307 Å². The SMILES string of the molecule is Cc1cc(NC(=O)N2CCC(Oc3cc(F)cc(F)c3)CC2)nn(C)c1=O.Cc1cc(NC(=O)N2CCC(Oc3ccc(F)c(F)c3)CC2)nn(C)c1=O. The lowest BCUT2D eigenvalue weighted by Crippen LogP contribution is -2.44. The number of hydrogen-bond donors (Lipinski definition) is 2. The highest BCUT2D eigenvalue weighted by atomic mass is 19.2. The number of urea groups is 2. The molecule has 0 bridgehead atoms. The second-order valence-electron chi connectivity index (χ2n) is 12.9. The zero-order chi connectivity index (χ0) is 39.1. The van der Waals surface area contributed by atoms with Crippen LogP contribution in [0.2, 0.25) is 0 Å². The van der Waals surface area contributed by atoms with E-state index in [4.69, 9.17) is 9.47 Å². The predicted molar refractivity (Wildman–Crippen MR) is 190 cm³/mol. The van der Waals surface area contributed by atoms with Crippen molar-refractivity contribution in [2.45, 2.75) is 51.7 Å². The van der Waals surface area contributed by atoms with E-state index in [1.54, 1.807) is 23.6 Å². The number of piperidine rings is 2. The molecule has 0 atom stereocenters. The van der Waals surface area contributed by atoms with Gasteiger partial charge in [0.1, 0.15) is 35.3 Å². The molecule has 18 heteroatoms. The van der Waals surface area contributed by atoms with E-state index in [-0.39, 0.29) is 46.9 Å². The van der Waals surface area contributed by atoms with Crippen molar-refractivity contribution >= 4 is 23.7 Å². The molecule has 288 valence electrons. The lowest BCUT2D eigenvalue weighted by molar-refractivity contribution is 0.114. The molecule has 2 aromatic carbocycles. The molecule has 14 nitrogen and oxygen atoms in total. The molecule has 54 heavy (non-hydrogen) atoms. The third kappa shape index (κ3) is 10.3. The first-order valence-corrected chi connectivity index (χ1v) is 17.1. The van der Waals surface area contributed by atoms with E-state index < -0.39 is 23.3 Å². The minimum absolute atomic E-state index is 0.139. The fraction of sp³-hybridized carbons (Fsp3) is 0.389. The summed E-state index contributed by atoms with van der Waals surface area (Å²) in [6, 6.07) is 8.89. The number of aromatic nitrogens is 4. The number of carbonyl (C=O) groups is 2. The summed E-state index contributed by atoms with van der Waals surface area (Å²) in [6.45, 7) is 5.06. The zero-order valence-electron chi connectivity index (χ0n) is 30.1. The first-order chi connectivity index (χ1) is 25.6. The molecule has 6 rings (SSSR count). The van der Waals surface area contributed by atoms with E-state index in [0.717, 1.165) is 30.3 Å². The van der Waals surface area contributed by atoms with Crippen molar-refractivity contribution in [3.05, 3.63) is 104 Å². The third-order valence-electron chi connectivity index (χ3n) is 8.75. The molecule has 4 amide bonds. The van der Waals surface area contributed by atoms with Crippen LogP contribution in [0.4, 0.5) is 38.8 Å². The van der Waals surface area contributed by atoms with Gasteiger partial charge in [-0.25, -0.2) is 36.5 Å². The molecule has 2 saturated heterocycles. The monoisotopic (exact) mass is 756 g/mol. The average Bonchev–Trinajstić information content (AvgIpc) is 3.11. The van der Waals surface area contributed by atoms with Crippen molar-refractivity contribution in [3.8, 4) is 11.5 Å². The van der Waals surface area contributed by atoms with Crippen molar-refractivity contribution in [3.63, 3.8) is 0 Å². The quantitative estimate of drug-likeness (QED) is 0.264. The molecule has 0 aliphatic carbocycles. The summed E-state index contributed by atoms with van der Waals surface area (Å²) in [7, 11) is 3.04. The number of halogens is 4. The molecule has 0 unspecified atom stereocenters. The number of benzene rings is 2. The number of anilines is 2. The van der Waals surface area contributed by atoms with Crippen LogP contribution in [-0.4, -0.2) is 79.8 Å². The van der Waals surface area contributed by atoms with E-state index in [9.17, 15) is 36.7 Å². The van der Waals surface area contributed by atoms with Crippen LogP contribution in [0.15, 0.2) is 58.1 Å². The van der Waals surface area contributed by atoms with Gasteiger partial charge in [-0.05, 0) is 38.1 Å². The second-order valence-corrected chi connectivity index (χ2v) is 12.9. The summed E-state index contributed by atoms with van der Waals surface area (Å²) in [6.07, 6.45) is 1.78. The van der Waals surface area contributed by atoms with Gasteiger partial charge >= 0.3 is 12.1 Å². The van der Waals surface area contributed by atoms with Gasteiger partial charge in [0.2, 0.25) is 0 Å². The summed E-state index contributed by atoms with van der Waals surface area (Å²) < 4.78 is 66.3.